The van der Waals surface area contributed by atoms with Crippen LogP contribution in [0.25, 0.3) is 17.0 Å². The highest BCUT2D eigenvalue weighted by molar-refractivity contribution is 5.92. The van der Waals surface area contributed by atoms with E-state index in [1.165, 1.54) is 17.8 Å². The molecule has 2 aromatic heterocycles. The third-order valence-corrected chi connectivity index (χ3v) is 4.66. The van der Waals surface area contributed by atoms with E-state index in [9.17, 15) is 4.79 Å². The van der Waals surface area contributed by atoms with Gasteiger partial charge in [-0.15, -0.1) is 0 Å². The first kappa shape index (κ1) is 23.3. The van der Waals surface area contributed by atoms with Crippen molar-refractivity contribution in [1.82, 2.24) is 30.3 Å². The molecule has 1 atom stereocenters. The molecule has 8 nitrogen and oxygen atoms in total. The summed E-state index contributed by atoms with van der Waals surface area (Å²) in [7, 11) is 3.99. The van der Waals surface area contributed by atoms with Gasteiger partial charge < -0.3 is 15.5 Å². The molecule has 0 saturated carbocycles. The fourth-order valence-electron chi connectivity index (χ4n) is 3.21. The molecular formula is C22H33N7O. The Balaban J connectivity index is 0.000000335. The highest BCUT2D eigenvalue weighted by atomic mass is 16.1. The lowest BCUT2D eigenvalue weighted by atomic mass is 10.2. The first-order valence-electron chi connectivity index (χ1n) is 10.1. The third-order valence-electron chi connectivity index (χ3n) is 4.66. The van der Waals surface area contributed by atoms with Gasteiger partial charge in [0.2, 0.25) is 0 Å². The van der Waals surface area contributed by atoms with Crippen LogP contribution in [0.5, 0.6) is 0 Å². The average molecular weight is 412 g/mol. The Morgan fingerprint density at radius 1 is 1.43 bits per heavy atom. The zero-order valence-electron chi connectivity index (χ0n) is 18.4. The van der Waals surface area contributed by atoms with Crippen LogP contribution in [0.4, 0.5) is 5.69 Å². The molecule has 1 aliphatic heterocycles. The van der Waals surface area contributed by atoms with Crippen molar-refractivity contribution in [2.75, 3.05) is 33.7 Å². The van der Waals surface area contributed by atoms with Crippen LogP contribution in [-0.2, 0) is 6.54 Å². The molecule has 0 bridgehead atoms. The topological polar surface area (TPSA) is 90.3 Å². The van der Waals surface area contributed by atoms with E-state index in [-0.39, 0.29) is 5.56 Å². The van der Waals surface area contributed by atoms with Gasteiger partial charge in [0, 0.05) is 38.9 Å². The maximum absolute atomic E-state index is 12.3. The van der Waals surface area contributed by atoms with Crippen molar-refractivity contribution in [1.29, 1.82) is 0 Å². The van der Waals surface area contributed by atoms with Gasteiger partial charge >= 0.3 is 0 Å². The normalized spacial score (nSPS) is 17.7. The molecule has 0 spiro atoms. The van der Waals surface area contributed by atoms with E-state index in [0.29, 0.717) is 34.9 Å². The van der Waals surface area contributed by atoms with Crippen molar-refractivity contribution in [2.24, 2.45) is 4.99 Å². The Kier molecular flexibility index (Phi) is 9.24. The van der Waals surface area contributed by atoms with Gasteiger partial charge in [-0.3, -0.25) is 19.9 Å². The second-order valence-electron chi connectivity index (χ2n) is 7.16. The number of likely N-dealkylation sites (N-methyl/N-ethyl adjacent to an activating group) is 1. The maximum Gasteiger partial charge on any atom is 0.276 e. The summed E-state index contributed by atoms with van der Waals surface area (Å²) in [5.41, 5.74) is 1.81. The summed E-state index contributed by atoms with van der Waals surface area (Å²) in [5.74, 6) is 0. The fraction of sp³-hybridized carbons (Fsp3) is 0.409. The second-order valence-corrected chi connectivity index (χ2v) is 7.16. The van der Waals surface area contributed by atoms with E-state index in [4.69, 9.17) is 0 Å². The molecule has 0 aliphatic carbocycles. The van der Waals surface area contributed by atoms with Crippen molar-refractivity contribution in [3.63, 3.8) is 0 Å². The maximum atomic E-state index is 12.3. The number of aromatic amines is 1. The van der Waals surface area contributed by atoms with Crippen molar-refractivity contribution < 1.29 is 0 Å². The van der Waals surface area contributed by atoms with Crippen LogP contribution in [0.15, 0.2) is 46.5 Å². The van der Waals surface area contributed by atoms with Crippen molar-refractivity contribution >= 4 is 29.4 Å². The molecular weight excluding hydrogens is 378 g/mol. The summed E-state index contributed by atoms with van der Waals surface area (Å²) in [5, 5.41) is 9.85. The summed E-state index contributed by atoms with van der Waals surface area (Å²) < 4.78 is 1.52. The summed E-state index contributed by atoms with van der Waals surface area (Å²) in [4.78, 5) is 23.0. The van der Waals surface area contributed by atoms with E-state index < -0.39 is 0 Å². The van der Waals surface area contributed by atoms with Crippen LogP contribution in [0, 0.1) is 0 Å². The predicted molar refractivity (Wildman–Crippen MR) is 127 cm³/mol. The van der Waals surface area contributed by atoms with Crippen LogP contribution in [0.1, 0.15) is 19.5 Å². The highest BCUT2D eigenvalue weighted by Gasteiger charge is 2.13. The molecule has 30 heavy (non-hydrogen) atoms. The third kappa shape index (κ3) is 6.27. The Morgan fingerprint density at radius 3 is 2.83 bits per heavy atom. The summed E-state index contributed by atoms with van der Waals surface area (Å²) >= 11 is 0. The van der Waals surface area contributed by atoms with E-state index in [0.717, 1.165) is 6.54 Å². The van der Waals surface area contributed by atoms with E-state index in [1.54, 1.807) is 12.4 Å². The molecule has 0 radical (unpaired) electrons. The number of nitrogens with one attached hydrogen (secondary N) is 3. The molecule has 3 rings (SSSR count). The van der Waals surface area contributed by atoms with Gasteiger partial charge in [0.25, 0.3) is 5.56 Å². The standard InChI is InChI=1S/C16H19N5O.C6H14N2/c1-4-8-13-15(18-3)14-12(11-19-13)16(22)21(20-14)10-7-5-6-9-17-2;1-6-5-8(2)4-3-7-6/h4-9,11,17,20H,3,10H2,1-2H3;6-7H,3-5H2,1-2H3/b7-5-,8-4-,9-6-;. The summed E-state index contributed by atoms with van der Waals surface area (Å²) in [6, 6.07) is 0.689. The van der Waals surface area contributed by atoms with Gasteiger partial charge in [-0.1, -0.05) is 18.2 Å². The number of fused-ring (bicyclic) bond motifs is 1. The number of aliphatic imine (C=N–C) groups is 1. The number of hydrogen-bond donors (Lipinski definition) is 3. The monoisotopic (exact) mass is 411 g/mol. The van der Waals surface area contributed by atoms with Gasteiger partial charge in [-0.25, -0.2) is 4.68 Å². The summed E-state index contributed by atoms with van der Waals surface area (Å²) in [6.45, 7) is 11.7. The second kappa shape index (κ2) is 11.9. The Labute approximate surface area is 178 Å². The van der Waals surface area contributed by atoms with Gasteiger partial charge in [0.15, 0.2) is 0 Å². The number of piperazine rings is 1. The van der Waals surface area contributed by atoms with Gasteiger partial charge in [-0.2, -0.15) is 0 Å². The quantitative estimate of drug-likeness (QED) is 0.501. The number of rotatable bonds is 6. The molecule has 1 saturated heterocycles. The molecule has 1 aliphatic rings. The lowest BCUT2D eigenvalue weighted by Gasteiger charge is -2.28. The number of hydrogen-bond acceptors (Lipinski definition) is 6. The van der Waals surface area contributed by atoms with Gasteiger partial charge in [0.05, 0.1) is 23.1 Å². The lowest BCUT2D eigenvalue weighted by Crippen LogP contribution is -2.47. The van der Waals surface area contributed by atoms with Crippen LogP contribution in [-0.4, -0.2) is 66.2 Å². The smallest absolute Gasteiger partial charge is 0.276 e. The largest absolute Gasteiger partial charge is 0.394 e. The summed E-state index contributed by atoms with van der Waals surface area (Å²) in [6.07, 6.45) is 12.7. The van der Waals surface area contributed by atoms with Crippen molar-refractivity contribution in [3.8, 4) is 0 Å². The number of pyridine rings is 1. The minimum atomic E-state index is -0.123. The Bertz CT molecular complexity index is 960. The molecule has 0 aromatic carbocycles. The fourth-order valence-corrected chi connectivity index (χ4v) is 3.21. The molecule has 0 amide bonds. The molecule has 1 unspecified atom stereocenters. The van der Waals surface area contributed by atoms with Crippen molar-refractivity contribution in [2.45, 2.75) is 26.4 Å². The van der Waals surface area contributed by atoms with Gasteiger partial charge in [0.1, 0.15) is 5.69 Å². The first-order chi connectivity index (χ1) is 14.5. The molecule has 3 heterocycles. The minimum Gasteiger partial charge on any atom is -0.394 e. The van der Waals surface area contributed by atoms with Crippen LogP contribution >= 0.6 is 0 Å². The SMILES string of the molecule is C=Nc1c(/C=C\C)ncc2c(=O)n(C/C=C\C=C/NC)[nH]c12.CC1CN(C)CCN1. The zero-order valence-corrected chi connectivity index (χ0v) is 18.4. The number of nitrogens with zero attached hydrogens (tertiary/aromatic N) is 4. The van der Waals surface area contributed by atoms with Crippen LogP contribution < -0.4 is 16.2 Å². The number of allylic oxidation sites excluding steroid dienone is 4. The van der Waals surface area contributed by atoms with Crippen LogP contribution in [0.3, 0.4) is 0 Å². The average Bonchev–Trinajstić information content (AvgIpc) is 3.04. The Hall–Kier alpha value is -2.97. The zero-order chi connectivity index (χ0) is 21.9. The van der Waals surface area contributed by atoms with E-state index in [2.05, 4.69) is 51.3 Å². The van der Waals surface area contributed by atoms with Crippen molar-refractivity contribution in [3.05, 3.63) is 52.7 Å². The Morgan fingerprint density at radius 2 is 2.23 bits per heavy atom. The van der Waals surface area contributed by atoms with E-state index in [1.807, 2.05) is 44.4 Å². The first-order valence-corrected chi connectivity index (χ1v) is 10.1. The highest BCUT2D eigenvalue weighted by Crippen LogP contribution is 2.25. The molecule has 8 heteroatoms. The molecule has 1 fully saturated rings. The van der Waals surface area contributed by atoms with E-state index >= 15 is 0 Å². The molecule has 2 aromatic rings. The number of aromatic nitrogens is 3. The van der Waals surface area contributed by atoms with Gasteiger partial charge in [-0.05, 0) is 46.0 Å². The minimum absolute atomic E-state index is 0.123. The molecule has 3 N–H and O–H groups in total. The number of H-pyrrole nitrogens is 1. The lowest BCUT2D eigenvalue weighted by molar-refractivity contribution is 0.248. The molecule has 162 valence electrons. The predicted octanol–water partition coefficient (Wildman–Crippen LogP) is 2.29. The van der Waals surface area contributed by atoms with Crippen LogP contribution in [0.2, 0.25) is 0 Å².